The number of pyridine rings is 1. The smallest absolute Gasteiger partial charge is 0.140 e. The van der Waals surface area contributed by atoms with Gasteiger partial charge in [-0.25, -0.2) is 4.98 Å². The predicted molar refractivity (Wildman–Crippen MR) is 79.6 cm³/mol. The lowest BCUT2D eigenvalue weighted by molar-refractivity contribution is 0.638. The number of halogens is 1. The number of nitrogens with two attached hydrogens (primary N) is 1. The lowest BCUT2D eigenvalue weighted by Gasteiger charge is -2.27. The lowest BCUT2D eigenvalue weighted by atomic mass is 10.1. The maximum atomic E-state index is 5.67. The molecular weight excluding hydrogens is 298 g/mol. The summed E-state index contributed by atoms with van der Waals surface area (Å²) < 4.78 is 1.33. The van der Waals surface area contributed by atoms with Gasteiger partial charge in [-0.2, -0.15) is 11.8 Å². The van der Waals surface area contributed by atoms with Crippen molar-refractivity contribution < 1.29 is 0 Å². The monoisotopic (exact) mass is 315 g/mol. The number of nitrogen functional groups attached to an aromatic ring is 1. The quantitative estimate of drug-likeness (QED) is 0.892. The molecule has 1 heterocycles. The number of rotatable bonds is 4. The largest absolute Gasteiger partial charge is 0.397 e. The molecule has 0 radical (unpaired) electrons. The van der Waals surface area contributed by atoms with Crippen LogP contribution >= 0.6 is 27.7 Å². The standard InChI is InChI=1S/C12H18BrN3S/c1-17-12(4-2-3-5-12)8-16-11-10(13)6-9(14)7-15-11/h6-7H,2-5,8,14H2,1H3,(H,15,16). The summed E-state index contributed by atoms with van der Waals surface area (Å²) in [5, 5.41) is 3.44. The zero-order valence-corrected chi connectivity index (χ0v) is 12.4. The third kappa shape index (κ3) is 3.07. The van der Waals surface area contributed by atoms with Gasteiger partial charge in [0.05, 0.1) is 16.4 Å². The van der Waals surface area contributed by atoms with Crippen LogP contribution in [-0.2, 0) is 0 Å². The molecule has 0 aromatic carbocycles. The Morgan fingerprint density at radius 3 is 2.82 bits per heavy atom. The fraction of sp³-hybridized carbons (Fsp3) is 0.583. The summed E-state index contributed by atoms with van der Waals surface area (Å²) in [6.07, 6.45) is 9.19. The molecule has 17 heavy (non-hydrogen) atoms. The highest BCUT2D eigenvalue weighted by Crippen LogP contribution is 2.40. The molecule has 0 unspecified atom stereocenters. The van der Waals surface area contributed by atoms with E-state index >= 15 is 0 Å². The number of aromatic nitrogens is 1. The second-order valence-electron chi connectivity index (χ2n) is 4.55. The maximum absolute atomic E-state index is 5.67. The predicted octanol–water partition coefficient (Wildman–Crippen LogP) is 3.51. The Hall–Kier alpha value is -0.420. The molecule has 94 valence electrons. The zero-order valence-electron chi connectivity index (χ0n) is 10.0. The fourth-order valence-corrected chi connectivity index (χ4v) is 3.72. The first-order valence-electron chi connectivity index (χ1n) is 5.85. The van der Waals surface area contributed by atoms with Crippen LogP contribution in [0.5, 0.6) is 0 Å². The summed E-state index contributed by atoms with van der Waals surface area (Å²) in [6, 6.07) is 1.88. The minimum Gasteiger partial charge on any atom is -0.397 e. The van der Waals surface area contributed by atoms with Gasteiger partial charge in [-0.3, -0.25) is 0 Å². The van der Waals surface area contributed by atoms with Gasteiger partial charge in [-0.1, -0.05) is 12.8 Å². The van der Waals surface area contributed by atoms with Crippen LogP contribution in [0, 0.1) is 0 Å². The molecule has 2 rings (SSSR count). The van der Waals surface area contributed by atoms with Gasteiger partial charge in [0.15, 0.2) is 0 Å². The molecule has 0 aliphatic heterocycles. The summed E-state index contributed by atoms with van der Waals surface area (Å²) >= 11 is 5.46. The van der Waals surface area contributed by atoms with E-state index in [-0.39, 0.29) is 0 Å². The Morgan fingerprint density at radius 2 is 2.24 bits per heavy atom. The summed E-state index contributed by atoms with van der Waals surface area (Å²) in [4.78, 5) is 4.31. The Balaban J connectivity index is 2.01. The van der Waals surface area contributed by atoms with Crippen molar-refractivity contribution >= 4 is 39.2 Å². The summed E-state index contributed by atoms with van der Waals surface area (Å²) in [7, 11) is 0. The van der Waals surface area contributed by atoms with Gasteiger partial charge in [0.2, 0.25) is 0 Å². The summed E-state index contributed by atoms with van der Waals surface area (Å²) in [5.74, 6) is 0.888. The number of hydrogen-bond donors (Lipinski definition) is 2. The average Bonchev–Trinajstić information content (AvgIpc) is 2.77. The van der Waals surface area contributed by atoms with Crippen molar-refractivity contribution in [3.05, 3.63) is 16.7 Å². The number of hydrogen-bond acceptors (Lipinski definition) is 4. The van der Waals surface area contributed by atoms with E-state index in [9.17, 15) is 0 Å². The highest BCUT2D eigenvalue weighted by Gasteiger charge is 2.32. The maximum Gasteiger partial charge on any atom is 0.140 e. The summed E-state index contributed by atoms with van der Waals surface area (Å²) in [5.41, 5.74) is 6.36. The number of thioether (sulfide) groups is 1. The molecule has 1 aromatic heterocycles. The Labute approximate surface area is 115 Å². The van der Waals surface area contributed by atoms with Crippen LogP contribution in [0.2, 0.25) is 0 Å². The normalized spacial score (nSPS) is 18.2. The van der Waals surface area contributed by atoms with Crippen LogP contribution in [0.4, 0.5) is 11.5 Å². The van der Waals surface area contributed by atoms with Crippen molar-refractivity contribution in [1.82, 2.24) is 4.98 Å². The van der Waals surface area contributed by atoms with E-state index in [2.05, 4.69) is 32.5 Å². The van der Waals surface area contributed by atoms with Crippen molar-refractivity contribution in [2.45, 2.75) is 30.4 Å². The van der Waals surface area contributed by atoms with Crippen molar-refractivity contribution in [2.75, 3.05) is 23.9 Å². The van der Waals surface area contributed by atoms with Crippen molar-refractivity contribution in [1.29, 1.82) is 0 Å². The van der Waals surface area contributed by atoms with E-state index in [0.717, 1.165) is 16.8 Å². The average molecular weight is 316 g/mol. The fourth-order valence-electron chi connectivity index (χ4n) is 2.30. The molecular formula is C12H18BrN3S. The molecule has 3 N–H and O–H groups in total. The van der Waals surface area contributed by atoms with E-state index in [1.807, 2.05) is 17.8 Å². The van der Waals surface area contributed by atoms with Gasteiger partial charge in [0, 0.05) is 11.3 Å². The van der Waals surface area contributed by atoms with Crippen LogP contribution in [0.3, 0.4) is 0 Å². The molecule has 1 aliphatic carbocycles. The zero-order chi connectivity index (χ0) is 12.3. The van der Waals surface area contributed by atoms with E-state index in [1.54, 1.807) is 6.20 Å². The van der Waals surface area contributed by atoms with Crippen LogP contribution in [0.1, 0.15) is 25.7 Å². The first-order valence-corrected chi connectivity index (χ1v) is 7.87. The van der Waals surface area contributed by atoms with Crippen LogP contribution < -0.4 is 11.1 Å². The number of nitrogens with one attached hydrogen (secondary N) is 1. The molecule has 3 nitrogen and oxygen atoms in total. The first-order chi connectivity index (χ1) is 8.15. The molecule has 0 amide bonds. The van der Waals surface area contributed by atoms with Gasteiger partial charge in [0.1, 0.15) is 5.82 Å². The van der Waals surface area contributed by atoms with Gasteiger partial charge in [-0.05, 0) is 41.1 Å². The van der Waals surface area contributed by atoms with Gasteiger partial charge < -0.3 is 11.1 Å². The third-order valence-corrected chi connectivity index (χ3v) is 5.41. The van der Waals surface area contributed by atoms with Crippen molar-refractivity contribution in [3.63, 3.8) is 0 Å². The minimum atomic E-state index is 0.391. The molecule has 1 saturated carbocycles. The van der Waals surface area contributed by atoms with Gasteiger partial charge in [-0.15, -0.1) is 0 Å². The number of nitrogens with zero attached hydrogens (tertiary/aromatic N) is 1. The Kier molecular flexibility index (Phi) is 4.20. The van der Waals surface area contributed by atoms with Crippen molar-refractivity contribution in [3.8, 4) is 0 Å². The molecule has 1 aliphatic rings. The topological polar surface area (TPSA) is 50.9 Å². The van der Waals surface area contributed by atoms with Crippen molar-refractivity contribution in [2.24, 2.45) is 0 Å². The Morgan fingerprint density at radius 1 is 1.53 bits per heavy atom. The SMILES string of the molecule is CSC1(CNc2ncc(N)cc2Br)CCCC1. The second-order valence-corrected chi connectivity index (χ2v) is 6.68. The third-order valence-electron chi connectivity index (χ3n) is 3.39. The molecule has 0 spiro atoms. The summed E-state index contributed by atoms with van der Waals surface area (Å²) in [6.45, 7) is 0.976. The van der Waals surface area contributed by atoms with E-state index in [1.165, 1.54) is 25.7 Å². The highest BCUT2D eigenvalue weighted by molar-refractivity contribution is 9.10. The number of anilines is 2. The molecule has 1 aromatic rings. The first kappa shape index (κ1) is 13.0. The molecule has 1 fully saturated rings. The van der Waals surface area contributed by atoms with E-state index in [4.69, 9.17) is 5.73 Å². The Bertz CT molecular complexity index is 391. The molecule has 0 saturated heterocycles. The minimum absolute atomic E-state index is 0.391. The van der Waals surface area contributed by atoms with Gasteiger partial charge >= 0.3 is 0 Å². The highest BCUT2D eigenvalue weighted by atomic mass is 79.9. The van der Waals surface area contributed by atoms with E-state index in [0.29, 0.717) is 10.4 Å². The van der Waals surface area contributed by atoms with Crippen LogP contribution in [0.15, 0.2) is 16.7 Å². The molecule has 0 atom stereocenters. The lowest BCUT2D eigenvalue weighted by Crippen LogP contribution is -2.30. The van der Waals surface area contributed by atoms with Crippen LogP contribution in [-0.4, -0.2) is 22.5 Å². The second kappa shape index (κ2) is 5.48. The van der Waals surface area contributed by atoms with Gasteiger partial charge in [0.25, 0.3) is 0 Å². The molecule has 5 heteroatoms. The molecule has 0 bridgehead atoms. The van der Waals surface area contributed by atoms with Crippen LogP contribution in [0.25, 0.3) is 0 Å². The van der Waals surface area contributed by atoms with E-state index < -0.39 is 0 Å².